The molecule has 2 aromatic carbocycles. The molecule has 15 heavy (non-hydrogen) atoms. The molecule has 0 saturated carbocycles. The number of methoxy groups -OCH3 is 1. The van der Waals surface area contributed by atoms with Crippen LogP contribution in [0.1, 0.15) is 0 Å². The van der Waals surface area contributed by atoms with Crippen LogP contribution in [0.2, 0.25) is 0 Å². The molecule has 0 unspecified atom stereocenters. The minimum atomic E-state index is -0.313. The van der Waals surface area contributed by atoms with Crippen molar-refractivity contribution in [2.24, 2.45) is 0 Å². The maximum absolute atomic E-state index is 5.13. The minimum Gasteiger partial charge on any atom is -0.497 e. The van der Waals surface area contributed by atoms with Crippen LogP contribution in [0.3, 0.4) is 0 Å². The zero-order chi connectivity index (χ0) is 10.5. The second-order valence-electron chi connectivity index (χ2n) is 3.51. The van der Waals surface area contributed by atoms with Crippen LogP contribution in [-0.4, -0.2) is 16.6 Å². The highest BCUT2D eigenvalue weighted by Crippen LogP contribution is 2.04. The topological polar surface area (TPSA) is 9.23 Å². The van der Waals surface area contributed by atoms with Gasteiger partial charge in [0, 0.05) is 0 Å². The van der Waals surface area contributed by atoms with Gasteiger partial charge in [0.1, 0.15) is 5.75 Å². The van der Waals surface area contributed by atoms with E-state index in [9.17, 15) is 0 Å². The standard InChI is InChI=1S/C13H14OSi/c1-14-11-7-9-13(10-8-11)15-12-5-3-2-4-6-12/h2-10H,15H2,1H3. The molecule has 0 saturated heterocycles. The van der Waals surface area contributed by atoms with Gasteiger partial charge in [-0.25, -0.2) is 0 Å². The highest BCUT2D eigenvalue weighted by atomic mass is 28.2. The number of benzene rings is 2. The quantitative estimate of drug-likeness (QED) is 0.687. The summed E-state index contributed by atoms with van der Waals surface area (Å²) in [6.07, 6.45) is 0. The SMILES string of the molecule is COc1ccc([SiH2]c2ccccc2)cc1. The van der Waals surface area contributed by atoms with Crippen molar-refractivity contribution in [2.45, 2.75) is 0 Å². The molecule has 0 aliphatic rings. The van der Waals surface area contributed by atoms with Gasteiger partial charge in [-0.2, -0.15) is 0 Å². The molecule has 0 aliphatic heterocycles. The first-order valence-corrected chi connectivity index (χ1v) is 6.47. The van der Waals surface area contributed by atoms with Crippen molar-refractivity contribution >= 4 is 19.9 Å². The first-order chi connectivity index (χ1) is 7.38. The zero-order valence-electron chi connectivity index (χ0n) is 8.81. The van der Waals surface area contributed by atoms with Crippen LogP contribution in [0.4, 0.5) is 0 Å². The van der Waals surface area contributed by atoms with Gasteiger partial charge in [0.15, 0.2) is 0 Å². The smallest absolute Gasteiger partial charge is 0.118 e. The van der Waals surface area contributed by atoms with Gasteiger partial charge in [0.2, 0.25) is 0 Å². The minimum absolute atomic E-state index is 0.313. The molecule has 0 aliphatic carbocycles. The molecule has 2 rings (SSSR count). The lowest BCUT2D eigenvalue weighted by Gasteiger charge is -2.02. The fourth-order valence-corrected chi connectivity index (χ4v) is 3.03. The summed E-state index contributed by atoms with van der Waals surface area (Å²) in [4.78, 5) is 0. The molecule has 0 radical (unpaired) electrons. The Kier molecular flexibility index (Phi) is 3.20. The van der Waals surface area contributed by atoms with E-state index >= 15 is 0 Å². The Morgan fingerprint density at radius 1 is 0.800 bits per heavy atom. The Balaban J connectivity index is 2.11. The van der Waals surface area contributed by atoms with E-state index in [4.69, 9.17) is 4.74 Å². The molecule has 0 amide bonds. The molecule has 2 heteroatoms. The van der Waals surface area contributed by atoms with Crippen LogP contribution in [0.25, 0.3) is 0 Å². The van der Waals surface area contributed by atoms with Gasteiger partial charge in [-0.15, -0.1) is 0 Å². The van der Waals surface area contributed by atoms with Crippen molar-refractivity contribution in [3.8, 4) is 5.75 Å². The predicted octanol–water partition coefficient (Wildman–Crippen LogP) is 0.815. The summed E-state index contributed by atoms with van der Waals surface area (Å²) in [5, 5.41) is 2.92. The summed E-state index contributed by atoms with van der Waals surface area (Å²) in [5.41, 5.74) is 0. The molecule has 2 aromatic rings. The average molecular weight is 214 g/mol. The van der Waals surface area contributed by atoms with Crippen molar-refractivity contribution in [1.82, 2.24) is 0 Å². The molecule has 76 valence electrons. The number of ether oxygens (including phenoxy) is 1. The van der Waals surface area contributed by atoms with E-state index in [1.165, 1.54) is 10.4 Å². The molecule has 0 fully saturated rings. The van der Waals surface area contributed by atoms with E-state index in [0.717, 1.165) is 5.75 Å². The molecule has 0 heterocycles. The van der Waals surface area contributed by atoms with E-state index < -0.39 is 0 Å². The zero-order valence-corrected chi connectivity index (χ0v) is 10.2. The van der Waals surface area contributed by atoms with Gasteiger partial charge in [0.25, 0.3) is 0 Å². The van der Waals surface area contributed by atoms with Crippen LogP contribution in [0, 0.1) is 0 Å². The number of hydrogen-bond acceptors (Lipinski definition) is 1. The summed E-state index contributed by atoms with van der Waals surface area (Å²) >= 11 is 0. The average Bonchev–Trinajstić information content (AvgIpc) is 2.31. The molecule has 0 N–H and O–H groups in total. The number of hydrogen-bond donors (Lipinski definition) is 0. The van der Waals surface area contributed by atoms with Gasteiger partial charge in [0.05, 0.1) is 16.6 Å². The molecule has 0 atom stereocenters. The van der Waals surface area contributed by atoms with Crippen LogP contribution in [0.5, 0.6) is 5.75 Å². The highest BCUT2D eigenvalue weighted by Gasteiger charge is 1.96. The Labute approximate surface area is 92.5 Å². The third-order valence-electron chi connectivity index (χ3n) is 2.41. The summed E-state index contributed by atoms with van der Waals surface area (Å²) < 4.78 is 5.13. The largest absolute Gasteiger partial charge is 0.497 e. The summed E-state index contributed by atoms with van der Waals surface area (Å²) in [6.45, 7) is 0. The fraction of sp³-hybridized carbons (Fsp3) is 0.0769. The van der Waals surface area contributed by atoms with E-state index in [1.807, 2.05) is 12.1 Å². The summed E-state index contributed by atoms with van der Waals surface area (Å²) in [6, 6.07) is 19.1. The summed E-state index contributed by atoms with van der Waals surface area (Å²) in [5.74, 6) is 0.931. The van der Waals surface area contributed by atoms with Crippen molar-refractivity contribution in [1.29, 1.82) is 0 Å². The fourth-order valence-electron chi connectivity index (χ4n) is 1.57. The van der Waals surface area contributed by atoms with Crippen molar-refractivity contribution in [3.05, 3.63) is 54.6 Å². The normalized spacial score (nSPS) is 10.7. The van der Waals surface area contributed by atoms with E-state index in [2.05, 4.69) is 42.5 Å². The van der Waals surface area contributed by atoms with E-state index in [0.29, 0.717) is 0 Å². The van der Waals surface area contributed by atoms with Crippen molar-refractivity contribution in [2.75, 3.05) is 7.11 Å². The highest BCUT2D eigenvalue weighted by molar-refractivity contribution is 6.67. The van der Waals surface area contributed by atoms with Crippen molar-refractivity contribution < 1.29 is 4.74 Å². The second-order valence-corrected chi connectivity index (χ2v) is 5.50. The Bertz CT molecular complexity index is 408. The lowest BCUT2D eigenvalue weighted by molar-refractivity contribution is 0.415. The van der Waals surface area contributed by atoms with Crippen molar-refractivity contribution in [3.63, 3.8) is 0 Å². The van der Waals surface area contributed by atoms with Crippen LogP contribution in [-0.2, 0) is 0 Å². The third kappa shape index (κ3) is 2.70. The maximum atomic E-state index is 5.13. The first-order valence-electron chi connectivity index (χ1n) is 5.05. The predicted molar refractivity (Wildman–Crippen MR) is 67.2 cm³/mol. The molecule has 0 bridgehead atoms. The van der Waals surface area contributed by atoms with Gasteiger partial charge >= 0.3 is 0 Å². The summed E-state index contributed by atoms with van der Waals surface area (Å²) in [7, 11) is 1.38. The Hall–Kier alpha value is -1.54. The van der Waals surface area contributed by atoms with Gasteiger partial charge in [-0.3, -0.25) is 0 Å². The molecular formula is C13H14OSi. The lowest BCUT2D eigenvalue weighted by atomic mass is 10.3. The van der Waals surface area contributed by atoms with Gasteiger partial charge < -0.3 is 4.74 Å². The van der Waals surface area contributed by atoms with E-state index in [-0.39, 0.29) is 9.52 Å². The Morgan fingerprint density at radius 2 is 1.40 bits per heavy atom. The lowest BCUT2D eigenvalue weighted by Crippen LogP contribution is -2.26. The van der Waals surface area contributed by atoms with E-state index in [1.54, 1.807) is 7.11 Å². The second kappa shape index (κ2) is 4.80. The van der Waals surface area contributed by atoms with Crippen LogP contribution >= 0.6 is 0 Å². The molecule has 1 nitrogen and oxygen atoms in total. The third-order valence-corrected chi connectivity index (χ3v) is 4.17. The molecular weight excluding hydrogens is 200 g/mol. The van der Waals surface area contributed by atoms with Crippen LogP contribution < -0.4 is 15.1 Å². The maximum Gasteiger partial charge on any atom is 0.118 e. The monoisotopic (exact) mass is 214 g/mol. The molecule has 0 spiro atoms. The molecule has 0 aromatic heterocycles. The Morgan fingerprint density at radius 3 is 2.00 bits per heavy atom. The number of rotatable bonds is 3. The van der Waals surface area contributed by atoms with Gasteiger partial charge in [-0.1, -0.05) is 52.8 Å². The van der Waals surface area contributed by atoms with Crippen LogP contribution in [0.15, 0.2) is 54.6 Å². The van der Waals surface area contributed by atoms with Gasteiger partial charge in [-0.05, 0) is 12.1 Å². The first kappa shape index (κ1) is 9.99.